The van der Waals surface area contributed by atoms with Gasteiger partial charge in [0.1, 0.15) is 5.82 Å². The van der Waals surface area contributed by atoms with Crippen molar-refractivity contribution in [3.63, 3.8) is 0 Å². The van der Waals surface area contributed by atoms with Gasteiger partial charge in [-0.15, -0.1) is 0 Å². The Balaban J connectivity index is 1.95. The lowest BCUT2D eigenvalue weighted by atomic mass is 10.1. The number of aromatic nitrogens is 2. The van der Waals surface area contributed by atoms with E-state index in [1.54, 1.807) is 57.6 Å². The molecule has 7 nitrogen and oxygen atoms in total. The number of carbonyl (C=O) groups excluding carboxylic acids is 2. The largest absolute Gasteiger partial charge is 0.382 e. The van der Waals surface area contributed by atoms with Crippen molar-refractivity contribution in [1.29, 1.82) is 0 Å². The smallest absolute Gasteiger partial charge is 0.287 e. The SMILES string of the molecule is CSSC(C)(C)CNC(=O)c1cccc(CNC(=O)c2nc(N)cn2C)c1. The highest BCUT2D eigenvalue weighted by Crippen LogP contribution is 2.32. The second kappa shape index (κ2) is 9.18. The Labute approximate surface area is 167 Å². The average molecular weight is 408 g/mol. The molecule has 146 valence electrons. The maximum Gasteiger partial charge on any atom is 0.287 e. The molecule has 0 fully saturated rings. The van der Waals surface area contributed by atoms with Crippen LogP contribution in [0.4, 0.5) is 5.82 Å². The summed E-state index contributed by atoms with van der Waals surface area (Å²) >= 11 is 0. The van der Waals surface area contributed by atoms with Gasteiger partial charge in [-0.05, 0) is 37.8 Å². The second-order valence-electron chi connectivity index (χ2n) is 6.68. The Morgan fingerprint density at radius 1 is 1.26 bits per heavy atom. The maximum atomic E-state index is 12.4. The topological polar surface area (TPSA) is 102 Å². The van der Waals surface area contributed by atoms with Crippen LogP contribution in [0.1, 0.15) is 40.4 Å². The number of hydrogen-bond acceptors (Lipinski definition) is 6. The molecule has 0 saturated heterocycles. The standard InChI is InChI=1S/C18H25N5O2S2/c1-18(2,27-26-4)11-21-16(24)13-7-5-6-12(8-13)9-20-17(25)15-22-14(19)10-23(15)3/h5-8,10H,9,11,19H2,1-4H3,(H,20,25)(H,21,24). The first-order valence-electron chi connectivity index (χ1n) is 8.38. The summed E-state index contributed by atoms with van der Waals surface area (Å²) in [6.45, 7) is 5.04. The lowest BCUT2D eigenvalue weighted by Crippen LogP contribution is -2.35. The first kappa shape index (κ1) is 21.2. The summed E-state index contributed by atoms with van der Waals surface area (Å²) in [5.41, 5.74) is 6.99. The number of benzene rings is 1. The van der Waals surface area contributed by atoms with Crippen LogP contribution >= 0.6 is 21.6 Å². The van der Waals surface area contributed by atoms with Gasteiger partial charge in [0.25, 0.3) is 11.8 Å². The average Bonchev–Trinajstić information content (AvgIpc) is 2.96. The molecule has 0 aliphatic heterocycles. The van der Waals surface area contributed by atoms with E-state index in [-0.39, 0.29) is 22.4 Å². The molecule has 0 radical (unpaired) electrons. The lowest BCUT2D eigenvalue weighted by Gasteiger charge is -2.22. The minimum absolute atomic E-state index is 0.0510. The molecule has 0 bridgehead atoms. The molecule has 1 aromatic heterocycles. The minimum atomic E-state index is -0.320. The molecular weight excluding hydrogens is 382 g/mol. The molecule has 1 heterocycles. The number of nitrogens with one attached hydrogen (secondary N) is 2. The van der Waals surface area contributed by atoms with Gasteiger partial charge in [-0.2, -0.15) is 0 Å². The number of imidazole rings is 1. The highest BCUT2D eigenvalue weighted by molar-refractivity contribution is 8.76. The summed E-state index contributed by atoms with van der Waals surface area (Å²) in [5.74, 6) is 0.0912. The van der Waals surface area contributed by atoms with Crippen LogP contribution in [0.25, 0.3) is 0 Å². The molecule has 9 heteroatoms. The van der Waals surface area contributed by atoms with Crippen LogP contribution in [0.3, 0.4) is 0 Å². The van der Waals surface area contributed by atoms with E-state index < -0.39 is 0 Å². The van der Waals surface area contributed by atoms with Gasteiger partial charge < -0.3 is 20.9 Å². The van der Waals surface area contributed by atoms with Crippen molar-refractivity contribution in [2.45, 2.75) is 25.1 Å². The molecule has 0 unspecified atom stereocenters. The fourth-order valence-corrected chi connectivity index (χ4v) is 4.55. The van der Waals surface area contributed by atoms with Crippen LogP contribution in [0, 0.1) is 0 Å². The fourth-order valence-electron chi connectivity index (χ4n) is 2.43. The van der Waals surface area contributed by atoms with E-state index in [9.17, 15) is 9.59 Å². The maximum absolute atomic E-state index is 12.4. The van der Waals surface area contributed by atoms with E-state index in [4.69, 9.17) is 5.73 Å². The molecule has 2 aromatic rings. The molecule has 2 rings (SSSR count). The van der Waals surface area contributed by atoms with Gasteiger partial charge in [0.2, 0.25) is 5.82 Å². The van der Waals surface area contributed by atoms with Crippen molar-refractivity contribution < 1.29 is 9.59 Å². The molecule has 1 aromatic carbocycles. The van der Waals surface area contributed by atoms with Crippen LogP contribution in [0.5, 0.6) is 0 Å². The number of aryl methyl sites for hydroxylation is 1. The van der Waals surface area contributed by atoms with Gasteiger partial charge in [0.05, 0.1) is 0 Å². The van der Waals surface area contributed by atoms with Crippen molar-refractivity contribution >= 4 is 39.2 Å². The predicted molar refractivity (Wildman–Crippen MR) is 113 cm³/mol. The Morgan fingerprint density at radius 2 is 2.00 bits per heavy atom. The number of amides is 2. The van der Waals surface area contributed by atoms with Gasteiger partial charge in [0, 0.05) is 36.6 Å². The van der Waals surface area contributed by atoms with Gasteiger partial charge in [0.15, 0.2) is 0 Å². The Kier molecular flexibility index (Phi) is 7.20. The lowest BCUT2D eigenvalue weighted by molar-refractivity contribution is 0.0935. The summed E-state index contributed by atoms with van der Waals surface area (Å²) in [6.07, 6.45) is 3.60. The number of nitrogen functional groups attached to an aromatic ring is 1. The van der Waals surface area contributed by atoms with E-state index in [1.807, 2.05) is 12.3 Å². The van der Waals surface area contributed by atoms with Gasteiger partial charge in [-0.3, -0.25) is 9.59 Å². The summed E-state index contributed by atoms with van der Waals surface area (Å²) in [5, 5.41) is 5.76. The molecule has 0 spiro atoms. The highest BCUT2D eigenvalue weighted by atomic mass is 33.1. The minimum Gasteiger partial charge on any atom is -0.382 e. The van der Waals surface area contributed by atoms with E-state index >= 15 is 0 Å². The van der Waals surface area contributed by atoms with Crippen molar-refractivity contribution in [3.05, 3.63) is 47.4 Å². The Hall–Kier alpha value is -2.13. The monoisotopic (exact) mass is 407 g/mol. The molecule has 4 N–H and O–H groups in total. The van der Waals surface area contributed by atoms with Crippen LogP contribution in [0.2, 0.25) is 0 Å². The number of carbonyl (C=O) groups is 2. The van der Waals surface area contributed by atoms with E-state index in [0.717, 1.165) is 5.56 Å². The van der Waals surface area contributed by atoms with Gasteiger partial charge >= 0.3 is 0 Å². The van der Waals surface area contributed by atoms with Crippen molar-refractivity contribution in [3.8, 4) is 0 Å². The molecule has 0 atom stereocenters. The Morgan fingerprint density at radius 3 is 2.63 bits per heavy atom. The first-order chi connectivity index (χ1) is 12.7. The fraction of sp³-hybridized carbons (Fsp3) is 0.389. The summed E-state index contributed by atoms with van der Waals surface area (Å²) in [6, 6.07) is 7.19. The van der Waals surface area contributed by atoms with Gasteiger partial charge in [-0.25, -0.2) is 4.98 Å². The molecular formula is C18H25N5O2S2. The molecule has 2 amide bonds. The highest BCUT2D eigenvalue weighted by Gasteiger charge is 2.20. The zero-order valence-corrected chi connectivity index (χ0v) is 17.5. The third-order valence-electron chi connectivity index (χ3n) is 3.72. The number of nitrogens with two attached hydrogens (primary N) is 1. The quantitative estimate of drug-likeness (QED) is 0.581. The second-order valence-corrected chi connectivity index (χ2v) is 9.78. The van der Waals surface area contributed by atoms with Crippen LogP contribution in [0.15, 0.2) is 30.5 Å². The number of nitrogens with zero attached hydrogens (tertiary/aromatic N) is 2. The Bertz CT molecular complexity index is 820. The van der Waals surface area contributed by atoms with E-state index in [0.29, 0.717) is 24.5 Å². The van der Waals surface area contributed by atoms with Crippen molar-refractivity contribution in [2.24, 2.45) is 7.05 Å². The number of rotatable bonds is 8. The molecule has 0 aliphatic rings. The van der Waals surface area contributed by atoms with Crippen LogP contribution in [-0.4, -0.2) is 38.9 Å². The van der Waals surface area contributed by atoms with Crippen molar-refractivity contribution in [1.82, 2.24) is 20.2 Å². The number of hydrogen-bond donors (Lipinski definition) is 3. The van der Waals surface area contributed by atoms with E-state index in [2.05, 4.69) is 29.5 Å². The third-order valence-corrected chi connectivity index (χ3v) is 6.34. The first-order valence-corrected chi connectivity index (χ1v) is 10.9. The van der Waals surface area contributed by atoms with E-state index in [1.165, 1.54) is 0 Å². The number of anilines is 1. The summed E-state index contributed by atoms with van der Waals surface area (Å²) in [7, 11) is 5.11. The molecule has 27 heavy (non-hydrogen) atoms. The molecule has 0 aliphatic carbocycles. The summed E-state index contributed by atoms with van der Waals surface area (Å²) < 4.78 is 1.52. The van der Waals surface area contributed by atoms with Crippen LogP contribution < -0.4 is 16.4 Å². The zero-order chi connectivity index (χ0) is 20.0. The van der Waals surface area contributed by atoms with Crippen LogP contribution in [-0.2, 0) is 13.6 Å². The predicted octanol–water partition coefficient (Wildman–Crippen LogP) is 2.45. The third kappa shape index (κ3) is 6.21. The van der Waals surface area contributed by atoms with Gasteiger partial charge in [-0.1, -0.05) is 33.7 Å². The normalized spacial score (nSPS) is 11.3. The zero-order valence-electron chi connectivity index (χ0n) is 15.9. The van der Waals surface area contributed by atoms with Crippen molar-refractivity contribution in [2.75, 3.05) is 18.5 Å². The molecule has 0 saturated carbocycles. The summed E-state index contributed by atoms with van der Waals surface area (Å²) in [4.78, 5) is 28.6.